The lowest BCUT2D eigenvalue weighted by Gasteiger charge is -2.28. The summed E-state index contributed by atoms with van der Waals surface area (Å²) in [7, 11) is 3.79. The molecule has 6 heteroatoms. The summed E-state index contributed by atoms with van der Waals surface area (Å²) >= 11 is 6.23. The number of nitrogens with zero attached hydrogens (tertiary/aromatic N) is 2. The molecule has 0 spiro atoms. The molecule has 1 N–H and O–H groups in total. The first-order chi connectivity index (χ1) is 10.3. The van der Waals surface area contributed by atoms with Crippen LogP contribution in [0.4, 0.5) is 0 Å². The number of aliphatic hydroxyl groups excluding tert-OH is 1. The molecule has 1 amide bonds. The van der Waals surface area contributed by atoms with Crippen molar-refractivity contribution in [1.29, 1.82) is 0 Å². The summed E-state index contributed by atoms with van der Waals surface area (Å²) in [5, 5.41) is 10.6. The quantitative estimate of drug-likeness (QED) is 0.902. The van der Waals surface area contributed by atoms with E-state index in [1.165, 1.54) is 11.8 Å². The predicted octanol–water partition coefficient (Wildman–Crippen LogP) is 2.19. The Balaban J connectivity index is 2.48. The molecule has 1 aliphatic heterocycles. The second-order valence-electron chi connectivity index (χ2n) is 5.54. The molecule has 0 bridgehead atoms. The topological polar surface area (TPSA) is 60.9 Å². The van der Waals surface area contributed by atoms with Crippen LogP contribution in [0.15, 0.2) is 35.6 Å². The summed E-state index contributed by atoms with van der Waals surface area (Å²) < 4.78 is 0. The molecule has 1 unspecified atom stereocenters. The highest BCUT2D eigenvalue weighted by atomic mass is 35.5. The summed E-state index contributed by atoms with van der Waals surface area (Å²) in [4.78, 5) is 27.7. The van der Waals surface area contributed by atoms with Crippen LogP contribution in [-0.2, 0) is 9.59 Å². The van der Waals surface area contributed by atoms with Crippen molar-refractivity contribution >= 4 is 23.3 Å². The predicted molar refractivity (Wildman–Crippen MR) is 84.8 cm³/mol. The first-order valence-electron chi connectivity index (χ1n) is 6.98. The van der Waals surface area contributed by atoms with Crippen molar-refractivity contribution in [3.05, 3.63) is 46.2 Å². The molecule has 5 nitrogen and oxygen atoms in total. The molecule has 1 aliphatic rings. The van der Waals surface area contributed by atoms with Gasteiger partial charge < -0.3 is 14.9 Å². The number of hydrogen-bond acceptors (Lipinski definition) is 4. The van der Waals surface area contributed by atoms with Gasteiger partial charge in [-0.25, -0.2) is 0 Å². The van der Waals surface area contributed by atoms with Gasteiger partial charge >= 0.3 is 0 Å². The second-order valence-corrected chi connectivity index (χ2v) is 5.95. The Bertz CT molecular complexity index is 640. The molecule has 0 saturated heterocycles. The highest BCUT2D eigenvalue weighted by Crippen LogP contribution is 2.40. The van der Waals surface area contributed by atoms with Crippen molar-refractivity contribution < 1.29 is 14.7 Å². The fourth-order valence-corrected chi connectivity index (χ4v) is 2.81. The summed E-state index contributed by atoms with van der Waals surface area (Å²) in [6.07, 6.45) is 0. The summed E-state index contributed by atoms with van der Waals surface area (Å²) in [6, 6.07) is 6.41. The van der Waals surface area contributed by atoms with E-state index >= 15 is 0 Å². The Kier molecular flexibility index (Phi) is 4.88. The third-order valence-corrected chi connectivity index (χ3v) is 4.02. The van der Waals surface area contributed by atoms with Gasteiger partial charge in [0.1, 0.15) is 0 Å². The monoisotopic (exact) mass is 322 g/mol. The molecule has 2 rings (SSSR count). The fraction of sp³-hybridized carbons (Fsp3) is 0.375. The van der Waals surface area contributed by atoms with Gasteiger partial charge in [-0.2, -0.15) is 0 Å². The second kappa shape index (κ2) is 6.50. The molecule has 0 fully saturated rings. The number of rotatable bonds is 5. The molecule has 22 heavy (non-hydrogen) atoms. The standard InChI is InChI=1S/C16H19ClN2O3/c1-10(20)13-14(11-6-4-5-7-12(11)17)19(9-8-18(2)3)16(22)15(13)21/h4-7,14,21H,8-9H2,1-3H3. The van der Waals surface area contributed by atoms with Crippen molar-refractivity contribution in [1.82, 2.24) is 9.80 Å². The number of benzene rings is 1. The van der Waals surface area contributed by atoms with Crippen LogP contribution in [0.5, 0.6) is 0 Å². The molecule has 1 aromatic carbocycles. The van der Waals surface area contributed by atoms with Gasteiger partial charge in [-0.1, -0.05) is 29.8 Å². The maximum absolute atomic E-state index is 12.3. The number of Topliss-reactive ketones (excluding diaryl/α,β-unsaturated/α-hetero) is 1. The first kappa shape index (κ1) is 16.5. The number of carbonyl (C=O) groups excluding carboxylic acids is 2. The minimum absolute atomic E-state index is 0.108. The Morgan fingerprint density at radius 3 is 2.55 bits per heavy atom. The smallest absolute Gasteiger partial charge is 0.290 e. The number of hydrogen-bond donors (Lipinski definition) is 1. The molecule has 0 aromatic heterocycles. The van der Waals surface area contributed by atoms with Gasteiger partial charge in [0.15, 0.2) is 11.5 Å². The molecular formula is C16H19ClN2O3. The lowest BCUT2D eigenvalue weighted by Crippen LogP contribution is -2.36. The maximum atomic E-state index is 12.3. The van der Waals surface area contributed by atoms with Crippen LogP contribution in [0.3, 0.4) is 0 Å². The molecule has 1 aromatic rings. The molecule has 1 atom stereocenters. The highest BCUT2D eigenvalue weighted by molar-refractivity contribution is 6.31. The number of likely N-dealkylation sites (N-methyl/N-ethyl adjacent to an activating group) is 1. The van der Waals surface area contributed by atoms with Crippen LogP contribution in [0.2, 0.25) is 5.02 Å². The highest BCUT2D eigenvalue weighted by Gasteiger charge is 2.42. The van der Waals surface area contributed by atoms with E-state index in [9.17, 15) is 14.7 Å². The molecule has 0 radical (unpaired) electrons. The Hall–Kier alpha value is -1.85. The molecule has 0 aliphatic carbocycles. The van der Waals surface area contributed by atoms with Gasteiger partial charge in [0.05, 0.1) is 11.6 Å². The van der Waals surface area contributed by atoms with Gasteiger partial charge in [0, 0.05) is 18.1 Å². The third-order valence-electron chi connectivity index (χ3n) is 3.67. The number of halogens is 1. The van der Waals surface area contributed by atoms with Crippen molar-refractivity contribution in [2.75, 3.05) is 27.2 Å². The SMILES string of the molecule is CC(=O)C1=C(O)C(=O)N(CCN(C)C)C1c1ccccc1Cl. The minimum atomic E-state index is -0.640. The zero-order valence-corrected chi connectivity index (χ0v) is 13.6. The van der Waals surface area contributed by atoms with Crippen LogP contribution in [-0.4, -0.2) is 53.8 Å². The first-order valence-corrected chi connectivity index (χ1v) is 7.36. The van der Waals surface area contributed by atoms with Gasteiger partial charge in [-0.05, 0) is 32.6 Å². The number of aliphatic hydroxyl groups is 1. The van der Waals surface area contributed by atoms with E-state index in [0.29, 0.717) is 23.7 Å². The average Bonchev–Trinajstić information content (AvgIpc) is 2.69. The zero-order chi connectivity index (χ0) is 16.4. The summed E-state index contributed by atoms with van der Waals surface area (Å²) in [5.74, 6) is -1.34. The summed E-state index contributed by atoms with van der Waals surface area (Å²) in [6.45, 7) is 2.35. The molecular weight excluding hydrogens is 304 g/mol. The van der Waals surface area contributed by atoms with Crippen molar-refractivity contribution in [3.8, 4) is 0 Å². The van der Waals surface area contributed by atoms with Gasteiger partial charge in [-0.15, -0.1) is 0 Å². The zero-order valence-electron chi connectivity index (χ0n) is 12.8. The van der Waals surface area contributed by atoms with Crippen LogP contribution < -0.4 is 0 Å². The van der Waals surface area contributed by atoms with E-state index in [1.54, 1.807) is 24.3 Å². The van der Waals surface area contributed by atoms with Crippen LogP contribution in [0.25, 0.3) is 0 Å². The molecule has 118 valence electrons. The maximum Gasteiger partial charge on any atom is 0.290 e. The van der Waals surface area contributed by atoms with Gasteiger partial charge in [0.25, 0.3) is 5.91 Å². The summed E-state index contributed by atoms with van der Waals surface area (Å²) in [5.41, 5.74) is 0.752. The molecule has 0 saturated carbocycles. The van der Waals surface area contributed by atoms with E-state index in [2.05, 4.69) is 0 Å². The third kappa shape index (κ3) is 3.00. The number of ketones is 1. The van der Waals surface area contributed by atoms with E-state index in [0.717, 1.165) is 0 Å². The van der Waals surface area contributed by atoms with Crippen molar-refractivity contribution in [2.24, 2.45) is 0 Å². The normalized spacial score (nSPS) is 18.5. The molecule has 1 heterocycles. The van der Waals surface area contributed by atoms with Gasteiger partial charge in [0.2, 0.25) is 0 Å². The van der Waals surface area contributed by atoms with E-state index in [4.69, 9.17) is 11.6 Å². The number of amides is 1. The Labute approximate surface area is 134 Å². The average molecular weight is 323 g/mol. The van der Waals surface area contributed by atoms with E-state index in [-0.39, 0.29) is 11.4 Å². The fourth-order valence-electron chi connectivity index (χ4n) is 2.57. The van der Waals surface area contributed by atoms with Crippen LogP contribution in [0, 0.1) is 0 Å². The lowest BCUT2D eigenvalue weighted by atomic mass is 9.96. The van der Waals surface area contributed by atoms with Crippen LogP contribution in [0.1, 0.15) is 18.5 Å². The van der Waals surface area contributed by atoms with Crippen molar-refractivity contribution in [3.63, 3.8) is 0 Å². The number of carbonyl (C=O) groups is 2. The van der Waals surface area contributed by atoms with Crippen molar-refractivity contribution in [2.45, 2.75) is 13.0 Å². The van der Waals surface area contributed by atoms with Crippen LogP contribution >= 0.6 is 11.6 Å². The minimum Gasteiger partial charge on any atom is -0.503 e. The van der Waals surface area contributed by atoms with Gasteiger partial charge in [-0.3, -0.25) is 9.59 Å². The Morgan fingerprint density at radius 2 is 2.00 bits per heavy atom. The lowest BCUT2D eigenvalue weighted by molar-refractivity contribution is -0.129. The van der Waals surface area contributed by atoms with E-state index < -0.39 is 17.7 Å². The Morgan fingerprint density at radius 1 is 1.36 bits per heavy atom. The van der Waals surface area contributed by atoms with E-state index in [1.807, 2.05) is 19.0 Å². The largest absolute Gasteiger partial charge is 0.503 e.